The van der Waals surface area contributed by atoms with Crippen LogP contribution in [0.25, 0.3) is 6.08 Å². The number of rotatable bonds is 8. The Morgan fingerprint density at radius 3 is 2.29 bits per heavy atom. The largest absolute Gasteiger partial charge is 0.355 e. The lowest BCUT2D eigenvalue weighted by atomic mass is 10.2. The lowest BCUT2D eigenvalue weighted by molar-refractivity contribution is -0.122. The lowest BCUT2D eigenvalue weighted by Gasteiger charge is -2.13. The minimum absolute atomic E-state index is 0.273. The molecule has 0 radical (unpaired) electrons. The summed E-state index contributed by atoms with van der Waals surface area (Å²) in [4.78, 5) is 23.9. The van der Waals surface area contributed by atoms with Crippen LogP contribution >= 0.6 is 0 Å². The van der Waals surface area contributed by atoms with Gasteiger partial charge in [0.15, 0.2) is 0 Å². The Hall–Kier alpha value is -3.13. The van der Waals surface area contributed by atoms with E-state index in [4.69, 9.17) is 0 Å². The van der Waals surface area contributed by atoms with E-state index in [-0.39, 0.29) is 5.91 Å². The van der Waals surface area contributed by atoms with Crippen LogP contribution in [0, 0.1) is 0 Å². The molecule has 0 aliphatic heterocycles. The summed E-state index contributed by atoms with van der Waals surface area (Å²) in [5, 5.41) is 6.29. The molecule has 148 valence electrons. The predicted molar refractivity (Wildman–Crippen MR) is 110 cm³/mol. The molecule has 1 atom stereocenters. The van der Waals surface area contributed by atoms with Crippen molar-refractivity contribution in [2.24, 2.45) is 0 Å². The number of anilines is 1. The summed E-state index contributed by atoms with van der Waals surface area (Å²) in [5.74, 6) is -0.692. The van der Waals surface area contributed by atoms with Gasteiger partial charge in [0.1, 0.15) is 6.04 Å². The van der Waals surface area contributed by atoms with Gasteiger partial charge in [-0.2, -0.15) is 0 Å². The van der Waals surface area contributed by atoms with Crippen molar-refractivity contribution >= 4 is 33.6 Å². The van der Waals surface area contributed by atoms with Crippen LogP contribution in [-0.4, -0.2) is 32.8 Å². The second kappa shape index (κ2) is 9.70. The van der Waals surface area contributed by atoms with Gasteiger partial charge < -0.3 is 10.6 Å². The maximum atomic E-state index is 12.2. The summed E-state index contributed by atoms with van der Waals surface area (Å²) in [7, 11) is -3.69. The average Bonchev–Trinajstić information content (AvgIpc) is 2.67. The first-order valence-electron chi connectivity index (χ1n) is 8.75. The van der Waals surface area contributed by atoms with E-state index in [9.17, 15) is 18.0 Å². The van der Waals surface area contributed by atoms with Crippen LogP contribution in [0.3, 0.4) is 0 Å². The smallest absolute Gasteiger partial charge is 0.255 e. The Bertz CT molecular complexity index is 939. The van der Waals surface area contributed by atoms with E-state index in [0.717, 1.165) is 11.0 Å². The fraction of sp³-hybridized carbons (Fsp3) is 0.200. The van der Waals surface area contributed by atoms with Gasteiger partial charge in [-0.3, -0.25) is 14.3 Å². The molecule has 2 aromatic carbocycles. The standard InChI is InChI=1S/C20H23N3O4S/c1-3-21-19(24)15(2)22-20(25)17-9-11-18(12-10-17)23-28(26,27)14-13-16-7-5-4-6-8-16/h4-15,23H,3H2,1-2H3,(H,21,24)(H,22,25)/b14-13+/t15-/m0/s1. The molecular formula is C20H23N3O4S. The maximum absolute atomic E-state index is 12.2. The van der Waals surface area contributed by atoms with E-state index < -0.39 is 22.0 Å². The molecule has 28 heavy (non-hydrogen) atoms. The highest BCUT2D eigenvalue weighted by Gasteiger charge is 2.16. The van der Waals surface area contributed by atoms with E-state index in [1.54, 1.807) is 26.0 Å². The first-order chi connectivity index (χ1) is 13.3. The molecule has 0 saturated heterocycles. The molecule has 0 unspecified atom stereocenters. The predicted octanol–water partition coefficient (Wildman–Crippen LogP) is 2.35. The zero-order valence-corrected chi connectivity index (χ0v) is 16.5. The highest BCUT2D eigenvalue weighted by molar-refractivity contribution is 7.95. The van der Waals surface area contributed by atoms with Crippen LogP contribution in [0.1, 0.15) is 29.8 Å². The van der Waals surface area contributed by atoms with Crippen molar-refractivity contribution in [1.82, 2.24) is 10.6 Å². The van der Waals surface area contributed by atoms with Crippen LogP contribution in [0.15, 0.2) is 60.0 Å². The molecule has 2 aromatic rings. The third-order valence-corrected chi connectivity index (χ3v) is 4.75. The Labute approximate surface area is 164 Å². The van der Waals surface area contributed by atoms with Gasteiger partial charge in [0.05, 0.1) is 5.41 Å². The number of benzene rings is 2. The zero-order valence-electron chi connectivity index (χ0n) is 15.7. The Balaban J connectivity index is 1.99. The van der Waals surface area contributed by atoms with E-state index >= 15 is 0 Å². The summed E-state index contributed by atoms with van der Waals surface area (Å²) < 4.78 is 26.7. The van der Waals surface area contributed by atoms with E-state index in [1.807, 2.05) is 18.2 Å². The Kier molecular flexibility index (Phi) is 7.34. The molecule has 0 saturated carbocycles. The van der Waals surface area contributed by atoms with Gasteiger partial charge in [-0.15, -0.1) is 0 Å². The lowest BCUT2D eigenvalue weighted by Crippen LogP contribution is -2.44. The molecule has 0 aromatic heterocycles. The molecule has 3 N–H and O–H groups in total. The second-order valence-electron chi connectivity index (χ2n) is 6.03. The fourth-order valence-corrected chi connectivity index (χ4v) is 3.16. The summed E-state index contributed by atoms with van der Waals surface area (Å²) >= 11 is 0. The molecule has 0 heterocycles. The molecule has 0 bridgehead atoms. The molecule has 2 rings (SSSR count). The van der Waals surface area contributed by atoms with E-state index in [1.165, 1.54) is 30.3 Å². The Morgan fingerprint density at radius 1 is 1.04 bits per heavy atom. The fourth-order valence-electron chi connectivity index (χ4n) is 2.29. The van der Waals surface area contributed by atoms with Crippen LogP contribution in [0.5, 0.6) is 0 Å². The molecule has 0 aliphatic carbocycles. The number of hydrogen-bond acceptors (Lipinski definition) is 4. The summed E-state index contributed by atoms with van der Waals surface area (Å²) in [6, 6.07) is 14.3. The number of carbonyl (C=O) groups excluding carboxylic acids is 2. The van der Waals surface area contributed by atoms with Gasteiger partial charge in [-0.25, -0.2) is 8.42 Å². The molecule has 2 amide bonds. The molecule has 0 aliphatic rings. The van der Waals surface area contributed by atoms with Crippen molar-refractivity contribution in [2.45, 2.75) is 19.9 Å². The second-order valence-corrected chi connectivity index (χ2v) is 7.59. The van der Waals surface area contributed by atoms with Crippen LogP contribution in [0.2, 0.25) is 0 Å². The number of amides is 2. The normalized spacial score (nSPS) is 12.4. The van der Waals surface area contributed by atoms with Crippen molar-refractivity contribution in [3.05, 3.63) is 71.1 Å². The highest BCUT2D eigenvalue weighted by atomic mass is 32.2. The quantitative estimate of drug-likeness (QED) is 0.631. The van der Waals surface area contributed by atoms with Gasteiger partial charge in [-0.05, 0) is 49.8 Å². The van der Waals surface area contributed by atoms with Gasteiger partial charge in [-0.1, -0.05) is 30.3 Å². The summed E-state index contributed by atoms with van der Waals surface area (Å²) in [6.45, 7) is 3.86. The number of hydrogen-bond donors (Lipinski definition) is 3. The average molecular weight is 401 g/mol. The number of nitrogens with one attached hydrogen (secondary N) is 3. The Morgan fingerprint density at radius 2 is 1.68 bits per heavy atom. The van der Waals surface area contributed by atoms with Gasteiger partial charge in [0.25, 0.3) is 15.9 Å². The number of sulfonamides is 1. The molecular weight excluding hydrogens is 378 g/mol. The van der Waals surface area contributed by atoms with Gasteiger partial charge in [0.2, 0.25) is 5.91 Å². The van der Waals surface area contributed by atoms with Crippen molar-refractivity contribution in [3.63, 3.8) is 0 Å². The third-order valence-electron chi connectivity index (χ3n) is 3.74. The zero-order chi connectivity index (χ0) is 20.6. The van der Waals surface area contributed by atoms with Crippen molar-refractivity contribution < 1.29 is 18.0 Å². The summed E-state index contributed by atoms with van der Waals surface area (Å²) in [6.07, 6.45) is 1.49. The number of carbonyl (C=O) groups is 2. The van der Waals surface area contributed by atoms with Crippen molar-refractivity contribution in [3.8, 4) is 0 Å². The molecule has 0 fully saturated rings. The minimum atomic E-state index is -3.69. The highest BCUT2D eigenvalue weighted by Crippen LogP contribution is 2.13. The molecule has 8 heteroatoms. The maximum Gasteiger partial charge on any atom is 0.255 e. The third kappa shape index (κ3) is 6.55. The first-order valence-corrected chi connectivity index (χ1v) is 10.3. The SMILES string of the molecule is CCNC(=O)[C@H](C)NC(=O)c1ccc(NS(=O)(=O)/C=C/c2ccccc2)cc1. The molecule has 7 nitrogen and oxygen atoms in total. The topological polar surface area (TPSA) is 104 Å². The van der Waals surface area contributed by atoms with E-state index in [2.05, 4.69) is 15.4 Å². The monoisotopic (exact) mass is 401 g/mol. The summed E-state index contributed by atoms with van der Waals surface area (Å²) in [5.41, 5.74) is 1.41. The van der Waals surface area contributed by atoms with Crippen LogP contribution < -0.4 is 15.4 Å². The number of likely N-dealkylation sites (N-methyl/N-ethyl adjacent to an activating group) is 1. The molecule has 0 spiro atoms. The van der Waals surface area contributed by atoms with Crippen LogP contribution in [0.4, 0.5) is 5.69 Å². The van der Waals surface area contributed by atoms with Crippen molar-refractivity contribution in [2.75, 3.05) is 11.3 Å². The van der Waals surface area contributed by atoms with Gasteiger partial charge >= 0.3 is 0 Å². The van der Waals surface area contributed by atoms with Crippen LogP contribution in [-0.2, 0) is 14.8 Å². The van der Waals surface area contributed by atoms with Crippen molar-refractivity contribution in [1.29, 1.82) is 0 Å². The first kappa shape index (κ1) is 21.2. The van der Waals surface area contributed by atoms with E-state index in [0.29, 0.717) is 17.8 Å². The minimum Gasteiger partial charge on any atom is -0.355 e. The van der Waals surface area contributed by atoms with Gasteiger partial charge in [0, 0.05) is 17.8 Å².